The molecule has 0 radical (unpaired) electrons. The van der Waals surface area contributed by atoms with Gasteiger partial charge in [-0.1, -0.05) is 73.5 Å². The summed E-state index contributed by atoms with van der Waals surface area (Å²) in [7, 11) is -1.60. The zero-order valence-electron chi connectivity index (χ0n) is 27.0. The van der Waals surface area contributed by atoms with Crippen molar-refractivity contribution in [3.05, 3.63) is 120 Å². The van der Waals surface area contributed by atoms with E-state index >= 15 is 0 Å². The lowest BCUT2D eigenvalue weighted by Gasteiger charge is -2.34. The van der Waals surface area contributed by atoms with Crippen molar-refractivity contribution in [3.63, 3.8) is 0 Å². The molecule has 1 atom stereocenters. The third kappa shape index (κ3) is 8.32. The summed E-state index contributed by atoms with van der Waals surface area (Å²) in [6.07, 6.45) is 3.97. The number of amides is 2. The number of hydrogen-bond acceptors (Lipinski definition) is 6. The van der Waals surface area contributed by atoms with Gasteiger partial charge in [-0.25, -0.2) is 12.8 Å². The van der Waals surface area contributed by atoms with Gasteiger partial charge >= 0.3 is 0 Å². The SMILES string of the molecule is COc1ccc(S(=O)(=O)N(CC(=O)N(Cc2ccccc2)[C@@H](Cc2ccccc2)C(=O)NC2CCCC2)c2ccc(F)cc2)cc1OC. The number of sulfonamides is 1. The van der Waals surface area contributed by atoms with Gasteiger partial charge in [-0.15, -0.1) is 0 Å². The fourth-order valence-electron chi connectivity index (χ4n) is 5.94. The molecule has 0 heterocycles. The normalized spacial score (nSPS) is 13.8. The van der Waals surface area contributed by atoms with Gasteiger partial charge in [0, 0.05) is 25.1 Å². The number of carbonyl (C=O) groups is 2. The second kappa shape index (κ2) is 15.8. The number of nitrogens with one attached hydrogen (secondary N) is 1. The molecular weight excluding hydrogens is 633 g/mol. The summed E-state index contributed by atoms with van der Waals surface area (Å²) in [6.45, 7) is -0.597. The molecule has 0 spiro atoms. The minimum Gasteiger partial charge on any atom is -0.493 e. The predicted molar refractivity (Wildman–Crippen MR) is 182 cm³/mol. The van der Waals surface area contributed by atoms with Gasteiger partial charge in [0.2, 0.25) is 11.8 Å². The quantitative estimate of drug-likeness (QED) is 0.183. The molecule has 2 amide bonds. The minimum absolute atomic E-state index is 0.00518. The Morgan fingerprint density at radius 2 is 1.44 bits per heavy atom. The Hall–Kier alpha value is -4.90. The van der Waals surface area contributed by atoms with E-state index in [0.717, 1.165) is 53.2 Å². The van der Waals surface area contributed by atoms with Crippen molar-refractivity contribution < 1.29 is 31.9 Å². The van der Waals surface area contributed by atoms with E-state index < -0.39 is 34.3 Å². The van der Waals surface area contributed by atoms with Gasteiger partial charge in [0.15, 0.2) is 11.5 Å². The lowest BCUT2D eigenvalue weighted by atomic mass is 10.0. The van der Waals surface area contributed by atoms with Crippen molar-refractivity contribution in [2.45, 2.75) is 55.6 Å². The van der Waals surface area contributed by atoms with Gasteiger partial charge in [0.05, 0.1) is 24.8 Å². The maximum absolute atomic E-state index is 14.6. The van der Waals surface area contributed by atoms with Gasteiger partial charge in [-0.05, 0) is 60.4 Å². The first-order valence-corrected chi connectivity index (χ1v) is 17.3. The number of rotatable bonds is 14. The van der Waals surface area contributed by atoms with Crippen molar-refractivity contribution >= 4 is 27.5 Å². The molecule has 0 unspecified atom stereocenters. The van der Waals surface area contributed by atoms with E-state index in [-0.39, 0.29) is 41.2 Å². The highest BCUT2D eigenvalue weighted by atomic mass is 32.2. The Labute approximate surface area is 281 Å². The van der Waals surface area contributed by atoms with Crippen molar-refractivity contribution in [3.8, 4) is 11.5 Å². The van der Waals surface area contributed by atoms with Crippen molar-refractivity contribution in [2.24, 2.45) is 0 Å². The topological polar surface area (TPSA) is 105 Å². The fourth-order valence-corrected chi connectivity index (χ4v) is 7.37. The molecule has 1 aliphatic rings. The highest BCUT2D eigenvalue weighted by Crippen LogP contribution is 2.32. The summed E-state index contributed by atoms with van der Waals surface area (Å²) in [6, 6.07) is 26.7. The highest BCUT2D eigenvalue weighted by Gasteiger charge is 2.36. The molecule has 0 bridgehead atoms. The summed E-state index contributed by atoms with van der Waals surface area (Å²) in [5.41, 5.74) is 1.70. The molecule has 9 nitrogen and oxygen atoms in total. The van der Waals surface area contributed by atoms with Gasteiger partial charge in [-0.3, -0.25) is 13.9 Å². The van der Waals surface area contributed by atoms with E-state index in [1.54, 1.807) is 0 Å². The number of methoxy groups -OCH3 is 2. The zero-order valence-corrected chi connectivity index (χ0v) is 27.9. The molecular formula is C37H40FN3O6S. The first-order chi connectivity index (χ1) is 23.2. The second-order valence-electron chi connectivity index (χ2n) is 11.7. The van der Waals surface area contributed by atoms with Gasteiger partial charge in [-0.2, -0.15) is 0 Å². The number of carbonyl (C=O) groups excluding carboxylic acids is 2. The molecule has 0 saturated heterocycles. The summed E-state index contributed by atoms with van der Waals surface area (Å²) >= 11 is 0. The lowest BCUT2D eigenvalue weighted by Crippen LogP contribution is -2.54. The smallest absolute Gasteiger partial charge is 0.264 e. The van der Waals surface area contributed by atoms with E-state index in [2.05, 4.69) is 5.32 Å². The van der Waals surface area contributed by atoms with Crippen LogP contribution < -0.4 is 19.1 Å². The van der Waals surface area contributed by atoms with Crippen LogP contribution in [0.25, 0.3) is 0 Å². The Kier molecular flexibility index (Phi) is 11.3. The number of anilines is 1. The van der Waals surface area contributed by atoms with Crippen LogP contribution in [0.2, 0.25) is 0 Å². The zero-order chi connectivity index (χ0) is 34.1. The Morgan fingerprint density at radius 3 is 2.04 bits per heavy atom. The average molecular weight is 674 g/mol. The number of ether oxygens (including phenoxy) is 2. The van der Waals surface area contributed by atoms with Crippen LogP contribution in [0.15, 0.2) is 108 Å². The highest BCUT2D eigenvalue weighted by molar-refractivity contribution is 7.92. The van der Waals surface area contributed by atoms with Crippen LogP contribution >= 0.6 is 0 Å². The van der Waals surface area contributed by atoms with Crippen LogP contribution in [0.5, 0.6) is 11.5 Å². The molecule has 4 aromatic rings. The second-order valence-corrected chi connectivity index (χ2v) is 13.6. The molecule has 11 heteroatoms. The molecule has 1 N–H and O–H groups in total. The van der Waals surface area contributed by atoms with E-state index in [0.29, 0.717) is 5.75 Å². The Bertz CT molecular complexity index is 1780. The summed E-state index contributed by atoms with van der Waals surface area (Å²) in [4.78, 5) is 30.0. The predicted octanol–water partition coefficient (Wildman–Crippen LogP) is 5.74. The first-order valence-electron chi connectivity index (χ1n) is 15.9. The molecule has 0 aliphatic heterocycles. The van der Waals surface area contributed by atoms with Crippen LogP contribution in [0.3, 0.4) is 0 Å². The van der Waals surface area contributed by atoms with Gasteiger partial charge in [0.1, 0.15) is 18.4 Å². The van der Waals surface area contributed by atoms with Crippen LogP contribution in [-0.2, 0) is 32.6 Å². The van der Waals surface area contributed by atoms with E-state index in [1.807, 2.05) is 60.7 Å². The lowest BCUT2D eigenvalue weighted by molar-refractivity contribution is -0.140. The molecule has 1 saturated carbocycles. The molecule has 1 fully saturated rings. The monoisotopic (exact) mass is 673 g/mol. The number of hydrogen-bond donors (Lipinski definition) is 1. The molecule has 48 heavy (non-hydrogen) atoms. The van der Waals surface area contributed by atoms with Crippen molar-refractivity contribution in [1.29, 1.82) is 0 Å². The van der Waals surface area contributed by atoms with Gasteiger partial charge < -0.3 is 19.7 Å². The standard InChI is InChI=1S/C37H40FN3O6S/c1-46-34-22-21-32(24-35(34)47-2)48(44,45)41(31-19-17-29(38)18-20-31)26-36(42)40(25-28-13-7-4-8-14-28)33(23-27-11-5-3-6-12-27)37(43)39-30-15-9-10-16-30/h3-8,11-14,17-22,24,30,33H,9-10,15-16,23,25-26H2,1-2H3,(H,39,43)/t33-/m0/s1. The third-order valence-electron chi connectivity index (χ3n) is 8.50. The largest absolute Gasteiger partial charge is 0.493 e. The molecule has 1 aliphatic carbocycles. The van der Waals surface area contributed by atoms with Crippen LogP contribution in [-0.4, -0.2) is 58.0 Å². The van der Waals surface area contributed by atoms with E-state index in [1.165, 1.54) is 49.5 Å². The molecule has 4 aromatic carbocycles. The van der Waals surface area contributed by atoms with E-state index in [4.69, 9.17) is 9.47 Å². The van der Waals surface area contributed by atoms with Crippen LogP contribution in [0.1, 0.15) is 36.8 Å². The summed E-state index contributed by atoms with van der Waals surface area (Å²) in [5, 5.41) is 3.16. The Morgan fingerprint density at radius 1 is 0.833 bits per heavy atom. The maximum atomic E-state index is 14.6. The minimum atomic E-state index is -4.42. The summed E-state index contributed by atoms with van der Waals surface area (Å²) in [5.74, 6) is -0.959. The number of halogens is 1. The third-order valence-corrected chi connectivity index (χ3v) is 10.3. The number of nitrogens with zero attached hydrogens (tertiary/aromatic N) is 2. The average Bonchev–Trinajstić information content (AvgIpc) is 3.62. The fraction of sp³-hybridized carbons (Fsp3) is 0.297. The Balaban J connectivity index is 1.57. The van der Waals surface area contributed by atoms with Crippen LogP contribution in [0, 0.1) is 5.82 Å². The van der Waals surface area contributed by atoms with E-state index in [9.17, 15) is 22.4 Å². The maximum Gasteiger partial charge on any atom is 0.264 e. The van der Waals surface area contributed by atoms with Gasteiger partial charge in [0.25, 0.3) is 10.0 Å². The first kappa shape index (κ1) is 34.4. The van der Waals surface area contributed by atoms with Crippen LogP contribution in [0.4, 0.5) is 10.1 Å². The number of benzene rings is 4. The molecule has 0 aromatic heterocycles. The summed E-state index contributed by atoms with van der Waals surface area (Å²) < 4.78 is 54.2. The van der Waals surface area contributed by atoms with Crippen molar-refractivity contribution in [1.82, 2.24) is 10.2 Å². The molecule has 252 valence electrons. The van der Waals surface area contributed by atoms with Crippen molar-refractivity contribution in [2.75, 3.05) is 25.1 Å². The molecule has 5 rings (SSSR count).